The molecule has 6 aliphatic rings. The van der Waals surface area contributed by atoms with Crippen LogP contribution in [0.4, 0.5) is 0 Å². The molecule has 6 rings (SSSR count). The molecule has 0 saturated heterocycles. The summed E-state index contributed by atoms with van der Waals surface area (Å²) in [7, 11) is 0. The van der Waals surface area contributed by atoms with E-state index in [2.05, 4.69) is 5.32 Å². The van der Waals surface area contributed by atoms with Crippen LogP contribution in [0.2, 0.25) is 0 Å². The molecular formula is C13H15NO3. The SMILES string of the molecule is CCNC(=O)C12C3C4C1C1C2C3C41OC(C)=O. The highest BCUT2D eigenvalue weighted by atomic mass is 16.6. The van der Waals surface area contributed by atoms with Crippen molar-refractivity contribution < 1.29 is 14.3 Å². The summed E-state index contributed by atoms with van der Waals surface area (Å²) >= 11 is 0. The fourth-order valence-electron chi connectivity index (χ4n) is 6.65. The van der Waals surface area contributed by atoms with Gasteiger partial charge in [-0.3, -0.25) is 9.59 Å². The molecule has 4 nitrogen and oxygen atoms in total. The molecule has 0 aromatic heterocycles. The third kappa shape index (κ3) is 0.470. The zero-order chi connectivity index (χ0) is 11.7. The molecule has 90 valence electrons. The Labute approximate surface area is 99.1 Å². The summed E-state index contributed by atoms with van der Waals surface area (Å²) in [4.78, 5) is 23.3. The van der Waals surface area contributed by atoms with Crippen molar-refractivity contribution in [3.8, 4) is 0 Å². The molecule has 6 saturated carbocycles. The van der Waals surface area contributed by atoms with Crippen LogP contribution in [-0.2, 0) is 14.3 Å². The van der Waals surface area contributed by atoms with E-state index in [0.717, 1.165) is 6.54 Å². The fraction of sp³-hybridized carbons (Fsp3) is 0.846. The quantitative estimate of drug-likeness (QED) is 0.707. The first kappa shape index (κ1) is 8.95. The van der Waals surface area contributed by atoms with E-state index in [1.807, 2.05) is 6.92 Å². The Balaban J connectivity index is 1.44. The minimum atomic E-state index is -0.146. The predicted octanol–water partition coefficient (Wildman–Crippen LogP) is 0.176. The van der Waals surface area contributed by atoms with Gasteiger partial charge < -0.3 is 10.1 Å². The molecule has 0 aromatic carbocycles. The van der Waals surface area contributed by atoms with Crippen LogP contribution < -0.4 is 5.32 Å². The van der Waals surface area contributed by atoms with Crippen molar-refractivity contribution in [2.45, 2.75) is 19.4 Å². The minimum Gasteiger partial charge on any atom is -0.458 e. The molecule has 0 radical (unpaired) electrons. The summed E-state index contributed by atoms with van der Waals surface area (Å²) in [6, 6.07) is 0. The third-order valence-corrected chi connectivity index (χ3v) is 6.59. The summed E-state index contributed by atoms with van der Waals surface area (Å²) in [6.07, 6.45) is 0. The van der Waals surface area contributed by atoms with E-state index >= 15 is 0 Å². The van der Waals surface area contributed by atoms with E-state index in [1.54, 1.807) is 0 Å². The Morgan fingerprint density at radius 1 is 1.12 bits per heavy atom. The van der Waals surface area contributed by atoms with Gasteiger partial charge >= 0.3 is 5.97 Å². The Hall–Kier alpha value is -1.06. The van der Waals surface area contributed by atoms with Crippen LogP contribution in [0.25, 0.3) is 0 Å². The van der Waals surface area contributed by atoms with Crippen molar-refractivity contribution in [3.63, 3.8) is 0 Å². The van der Waals surface area contributed by atoms with Gasteiger partial charge in [0.05, 0.1) is 5.41 Å². The molecule has 4 heteroatoms. The van der Waals surface area contributed by atoms with Gasteiger partial charge in [0.15, 0.2) is 0 Å². The Morgan fingerprint density at radius 2 is 1.65 bits per heavy atom. The van der Waals surface area contributed by atoms with E-state index in [-0.39, 0.29) is 22.9 Å². The average molecular weight is 233 g/mol. The second-order valence-corrected chi connectivity index (χ2v) is 6.39. The molecule has 0 spiro atoms. The van der Waals surface area contributed by atoms with Gasteiger partial charge in [0.2, 0.25) is 5.91 Å². The number of rotatable bonds is 3. The second kappa shape index (κ2) is 2.02. The molecular weight excluding hydrogens is 218 g/mol. The number of carbonyl (C=O) groups is 2. The third-order valence-electron chi connectivity index (χ3n) is 6.59. The van der Waals surface area contributed by atoms with Gasteiger partial charge in [-0.05, 0) is 24.7 Å². The monoisotopic (exact) mass is 233 g/mol. The maximum atomic E-state index is 12.1. The van der Waals surface area contributed by atoms with Crippen molar-refractivity contribution in [1.29, 1.82) is 0 Å². The minimum absolute atomic E-state index is 0.00207. The lowest BCUT2D eigenvalue weighted by Gasteiger charge is -3.08. The number of amides is 1. The van der Waals surface area contributed by atoms with Gasteiger partial charge in [-0.15, -0.1) is 0 Å². The van der Waals surface area contributed by atoms with E-state index in [1.165, 1.54) is 6.92 Å². The standard InChI is InChI=1S/C13H15NO3/c1-3-14-11(16)12-5-8-6(12)10-7(12)9(5)13(8,10)17-4(2)15/h5-10H,3H2,1-2H3,(H,14,16). The molecule has 0 aliphatic heterocycles. The van der Waals surface area contributed by atoms with Crippen molar-refractivity contribution in [2.24, 2.45) is 40.9 Å². The van der Waals surface area contributed by atoms with Crippen molar-refractivity contribution in [3.05, 3.63) is 0 Å². The predicted molar refractivity (Wildman–Crippen MR) is 56.6 cm³/mol. The summed E-state index contributed by atoms with van der Waals surface area (Å²) in [5.74, 6) is 3.39. The number of carbonyl (C=O) groups excluding carboxylic acids is 2. The molecule has 0 heterocycles. The van der Waals surface area contributed by atoms with Crippen LogP contribution >= 0.6 is 0 Å². The highest BCUT2D eigenvalue weighted by molar-refractivity contribution is 5.93. The van der Waals surface area contributed by atoms with E-state index in [0.29, 0.717) is 35.5 Å². The average Bonchev–Trinajstić information content (AvgIpc) is 2.29. The number of hydrogen-bond acceptors (Lipinski definition) is 3. The molecule has 0 aromatic rings. The summed E-state index contributed by atoms with van der Waals surface area (Å²) < 4.78 is 5.57. The molecule has 6 aliphatic carbocycles. The van der Waals surface area contributed by atoms with Gasteiger partial charge in [0.1, 0.15) is 5.60 Å². The number of esters is 1. The largest absolute Gasteiger partial charge is 0.458 e. The van der Waals surface area contributed by atoms with Crippen LogP contribution in [0.3, 0.4) is 0 Å². The van der Waals surface area contributed by atoms with E-state index in [9.17, 15) is 9.59 Å². The molecule has 1 amide bonds. The fourth-order valence-corrected chi connectivity index (χ4v) is 6.65. The van der Waals surface area contributed by atoms with Crippen LogP contribution in [0, 0.1) is 40.9 Å². The van der Waals surface area contributed by atoms with Crippen LogP contribution in [0.15, 0.2) is 0 Å². The second-order valence-electron chi connectivity index (χ2n) is 6.39. The highest BCUT2D eigenvalue weighted by Crippen LogP contribution is 3.07. The first-order valence-corrected chi connectivity index (χ1v) is 6.61. The van der Waals surface area contributed by atoms with Gasteiger partial charge in [-0.25, -0.2) is 0 Å². The van der Waals surface area contributed by atoms with Crippen molar-refractivity contribution >= 4 is 11.9 Å². The van der Waals surface area contributed by atoms with Crippen LogP contribution in [0.1, 0.15) is 13.8 Å². The van der Waals surface area contributed by atoms with Gasteiger partial charge in [-0.1, -0.05) is 0 Å². The van der Waals surface area contributed by atoms with E-state index in [4.69, 9.17) is 4.74 Å². The lowest BCUT2D eigenvalue weighted by atomic mass is 8.94. The maximum Gasteiger partial charge on any atom is 0.303 e. The molecule has 0 bridgehead atoms. The lowest BCUT2D eigenvalue weighted by Crippen LogP contribution is -3.14. The molecule has 0 atom stereocenters. The summed E-state index contributed by atoms with van der Waals surface area (Å²) in [6.45, 7) is 4.20. The van der Waals surface area contributed by atoms with Gasteiger partial charge in [0.25, 0.3) is 0 Å². The Bertz CT molecular complexity index is 443. The molecule has 6 fully saturated rings. The normalized spacial score (nSPS) is 65.1. The van der Waals surface area contributed by atoms with Crippen LogP contribution in [-0.4, -0.2) is 24.0 Å². The summed E-state index contributed by atoms with van der Waals surface area (Å²) in [5, 5.41) is 2.99. The van der Waals surface area contributed by atoms with Gasteiger partial charge in [0, 0.05) is 31.2 Å². The number of nitrogens with one attached hydrogen (secondary N) is 1. The highest BCUT2D eigenvalue weighted by Gasteiger charge is 3.13. The molecule has 1 N–H and O–H groups in total. The van der Waals surface area contributed by atoms with Gasteiger partial charge in [-0.2, -0.15) is 0 Å². The number of hydrogen-bond donors (Lipinski definition) is 1. The van der Waals surface area contributed by atoms with Crippen LogP contribution in [0.5, 0.6) is 0 Å². The van der Waals surface area contributed by atoms with E-state index < -0.39 is 0 Å². The zero-order valence-electron chi connectivity index (χ0n) is 9.90. The smallest absolute Gasteiger partial charge is 0.303 e. The zero-order valence-corrected chi connectivity index (χ0v) is 9.90. The number of ether oxygens (including phenoxy) is 1. The Morgan fingerprint density at radius 3 is 2.06 bits per heavy atom. The van der Waals surface area contributed by atoms with Crippen molar-refractivity contribution in [1.82, 2.24) is 5.32 Å². The molecule has 0 unspecified atom stereocenters. The summed E-state index contributed by atoms with van der Waals surface area (Å²) in [5.41, 5.74) is -0.0853. The first-order chi connectivity index (χ1) is 8.13. The Kier molecular flexibility index (Phi) is 1.06. The topological polar surface area (TPSA) is 55.4 Å². The molecule has 17 heavy (non-hydrogen) atoms. The first-order valence-electron chi connectivity index (χ1n) is 6.61. The maximum absolute atomic E-state index is 12.1. The lowest BCUT2D eigenvalue weighted by molar-refractivity contribution is -0.643. The van der Waals surface area contributed by atoms with Crippen molar-refractivity contribution in [2.75, 3.05) is 6.54 Å².